The van der Waals surface area contributed by atoms with Crippen molar-refractivity contribution in [3.05, 3.63) is 140 Å². The van der Waals surface area contributed by atoms with Crippen molar-refractivity contribution in [2.75, 3.05) is 0 Å². The lowest BCUT2D eigenvalue weighted by Gasteiger charge is -2.56. The topological polar surface area (TPSA) is 26.3 Å². The van der Waals surface area contributed by atoms with E-state index >= 15 is 0 Å². The van der Waals surface area contributed by atoms with Gasteiger partial charge in [-0.05, 0) is 125 Å². The summed E-state index contributed by atoms with van der Waals surface area (Å²) in [5, 5.41) is 0. The minimum Gasteiger partial charge on any atom is -0.402 e. The van der Waals surface area contributed by atoms with Gasteiger partial charge in [0.05, 0.1) is 5.41 Å². The van der Waals surface area contributed by atoms with Gasteiger partial charge in [0, 0.05) is 14.7 Å². The monoisotopic (exact) mass is 594 g/mol. The molecule has 0 saturated heterocycles. The molecule has 0 unspecified atom stereocenters. The van der Waals surface area contributed by atoms with E-state index in [1.165, 1.54) is 30.4 Å². The van der Waals surface area contributed by atoms with Gasteiger partial charge in [-0.25, -0.2) is 0 Å². The Kier molecular flexibility index (Phi) is 6.95. The third-order valence-corrected chi connectivity index (χ3v) is 13.5. The maximum absolute atomic E-state index is 14.8. The predicted molar refractivity (Wildman–Crippen MR) is 179 cm³/mol. The van der Waals surface area contributed by atoms with Gasteiger partial charge in [-0.1, -0.05) is 103 Å². The predicted octanol–water partition coefficient (Wildman–Crippen LogP) is 11.0. The summed E-state index contributed by atoms with van der Waals surface area (Å²) in [6, 6.07) is 49.0. The molecule has 0 heterocycles. The normalized spacial score (nSPS) is 24.1. The summed E-state index contributed by atoms with van der Waals surface area (Å²) in [4.78, 5) is 18.0. The SMILES string of the molecule is O=C(OS(c1ccccc1)(c1ccc(-c2ccccc2)cc1)c1ccc(-c2ccccc2)cc1)C12CC3CC(CC(C3)C1)C2. The lowest BCUT2D eigenvalue weighted by Crippen LogP contribution is -2.50. The highest BCUT2D eigenvalue weighted by Gasteiger charge is 2.57. The summed E-state index contributed by atoms with van der Waals surface area (Å²) in [6.07, 6.45) is 6.85. The number of carbonyl (C=O) groups is 1. The van der Waals surface area contributed by atoms with E-state index in [0.29, 0.717) is 17.8 Å². The highest BCUT2D eigenvalue weighted by atomic mass is 32.3. The highest BCUT2D eigenvalue weighted by Crippen LogP contribution is 2.71. The zero-order valence-electron chi connectivity index (χ0n) is 25.0. The zero-order chi connectivity index (χ0) is 29.6. The van der Waals surface area contributed by atoms with E-state index < -0.39 is 10.3 Å². The molecule has 0 aliphatic heterocycles. The zero-order valence-corrected chi connectivity index (χ0v) is 25.8. The van der Waals surface area contributed by atoms with E-state index in [1.54, 1.807) is 0 Å². The van der Waals surface area contributed by atoms with Crippen molar-refractivity contribution >= 4 is 16.3 Å². The van der Waals surface area contributed by atoms with Crippen molar-refractivity contribution in [3.8, 4) is 22.3 Å². The molecule has 5 aromatic rings. The van der Waals surface area contributed by atoms with Crippen LogP contribution in [0.25, 0.3) is 22.3 Å². The molecule has 0 N–H and O–H groups in total. The van der Waals surface area contributed by atoms with Gasteiger partial charge in [0.2, 0.25) is 0 Å². The van der Waals surface area contributed by atoms with Gasteiger partial charge in [-0.2, -0.15) is 0 Å². The van der Waals surface area contributed by atoms with E-state index in [2.05, 4.69) is 121 Å². The van der Waals surface area contributed by atoms with Gasteiger partial charge >= 0.3 is 5.97 Å². The first kappa shape index (κ1) is 27.5. The van der Waals surface area contributed by atoms with E-state index in [-0.39, 0.29) is 11.4 Å². The second kappa shape index (κ2) is 11.1. The molecular weight excluding hydrogens is 557 g/mol. The van der Waals surface area contributed by atoms with Crippen molar-refractivity contribution in [1.29, 1.82) is 0 Å². The van der Waals surface area contributed by atoms with Gasteiger partial charge in [-0.3, -0.25) is 4.79 Å². The van der Waals surface area contributed by atoms with Gasteiger partial charge < -0.3 is 4.18 Å². The molecule has 4 aliphatic rings. The van der Waals surface area contributed by atoms with Crippen LogP contribution in [0.2, 0.25) is 0 Å². The van der Waals surface area contributed by atoms with Crippen LogP contribution >= 0.6 is 10.3 Å². The van der Waals surface area contributed by atoms with Crippen LogP contribution in [0.3, 0.4) is 0 Å². The van der Waals surface area contributed by atoms with Crippen LogP contribution in [0.15, 0.2) is 154 Å². The summed E-state index contributed by atoms with van der Waals surface area (Å²) in [6.45, 7) is 0. The number of rotatable bonds is 7. The maximum Gasteiger partial charge on any atom is 0.323 e. The van der Waals surface area contributed by atoms with E-state index in [4.69, 9.17) is 4.18 Å². The molecule has 3 heteroatoms. The molecule has 5 aromatic carbocycles. The third-order valence-electron chi connectivity index (χ3n) is 10.3. The van der Waals surface area contributed by atoms with E-state index in [0.717, 1.165) is 45.1 Å². The van der Waals surface area contributed by atoms with Crippen LogP contribution in [0.5, 0.6) is 0 Å². The molecule has 220 valence electrons. The molecule has 4 fully saturated rings. The first-order valence-corrected chi connectivity index (χ1v) is 17.6. The summed E-state index contributed by atoms with van der Waals surface area (Å²) in [5.41, 5.74) is 4.31. The van der Waals surface area contributed by atoms with Crippen LogP contribution in [-0.2, 0) is 8.98 Å². The fraction of sp³-hybridized carbons (Fsp3) is 0.244. The Labute approximate surface area is 262 Å². The molecule has 0 atom stereocenters. The van der Waals surface area contributed by atoms with Crippen LogP contribution < -0.4 is 0 Å². The van der Waals surface area contributed by atoms with Crippen molar-refractivity contribution in [1.82, 2.24) is 0 Å². The van der Waals surface area contributed by atoms with E-state index in [1.807, 2.05) is 18.2 Å². The largest absolute Gasteiger partial charge is 0.402 e. The van der Waals surface area contributed by atoms with Crippen molar-refractivity contribution in [3.63, 3.8) is 0 Å². The minimum atomic E-state index is -2.37. The van der Waals surface area contributed by atoms with Gasteiger partial charge in [0.1, 0.15) is 0 Å². The fourth-order valence-electron chi connectivity index (χ4n) is 8.67. The first-order chi connectivity index (χ1) is 21.6. The van der Waals surface area contributed by atoms with Gasteiger partial charge in [0.15, 0.2) is 0 Å². The fourth-order valence-corrected chi connectivity index (χ4v) is 11.8. The molecule has 4 bridgehead atoms. The van der Waals surface area contributed by atoms with Crippen molar-refractivity contribution in [2.45, 2.75) is 53.2 Å². The Balaban J connectivity index is 1.27. The Bertz CT molecular complexity index is 1630. The lowest BCUT2D eigenvalue weighted by atomic mass is 9.49. The molecule has 0 aromatic heterocycles. The summed E-state index contributed by atoms with van der Waals surface area (Å²) < 4.78 is 7.22. The minimum absolute atomic E-state index is 0.0229. The second-order valence-electron chi connectivity index (χ2n) is 13.2. The quantitative estimate of drug-likeness (QED) is 0.187. The maximum atomic E-state index is 14.8. The highest BCUT2D eigenvalue weighted by molar-refractivity contribution is 8.30. The van der Waals surface area contributed by atoms with Crippen LogP contribution in [0, 0.1) is 23.2 Å². The van der Waals surface area contributed by atoms with Crippen LogP contribution in [-0.4, -0.2) is 5.97 Å². The molecule has 0 amide bonds. The molecule has 4 saturated carbocycles. The molecule has 2 nitrogen and oxygen atoms in total. The van der Waals surface area contributed by atoms with Gasteiger partial charge in [0.25, 0.3) is 0 Å². The standard InChI is InChI=1S/C41H38O2S/c42-40(41-27-30-24-31(28-41)26-32(25-30)29-41)43-44(37-14-8-3-9-15-37,38-20-16-35(17-21-38)33-10-4-1-5-11-33)39-22-18-36(19-23-39)34-12-6-2-7-13-34/h1-23,30-32H,24-29H2. The smallest absolute Gasteiger partial charge is 0.323 e. The Hall–Kier alpha value is -4.08. The molecular formula is C41H38O2S. The number of benzene rings is 5. The Morgan fingerprint density at radius 3 is 1.23 bits per heavy atom. The summed E-state index contributed by atoms with van der Waals surface area (Å²) >= 11 is 0. The average Bonchev–Trinajstić information content (AvgIpc) is 3.08. The molecule has 0 radical (unpaired) electrons. The Morgan fingerprint density at radius 2 is 0.818 bits per heavy atom. The summed E-state index contributed by atoms with van der Waals surface area (Å²) in [5.74, 6) is 2.04. The van der Waals surface area contributed by atoms with Crippen LogP contribution in [0.1, 0.15) is 38.5 Å². The number of hydrogen-bond donors (Lipinski definition) is 0. The van der Waals surface area contributed by atoms with Crippen molar-refractivity contribution < 1.29 is 8.98 Å². The van der Waals surface area contributed by atoms with E-state index in [9.17, 15) is 4.79 Å². The average molecular weight is 595 g/mol. The molecule has 44 heavy (non-hydrogen) atoms. The molecule has 0 spiro atoms. The van der Waals surface area contributed by atoms with Gasteiger partial charge in [-0.15, -0.1) is 0 Å². The number of carbonyl (C=O) groups excluding carboxylic acids is 1. The number of hydrogen-bond acceptors (Lipinski definition) is 2. The summed E-state index contributed by atoms with van der Waals surface area (Å²) in [7, 11) is -2.37. The lowest BCUT2D eigenvalue weighted by molar-refractivity contribution is -0.160. The first-order valence-electron chi connectivity index (χ1n) is 16.0. The molecule has 9 rings (SSSR count). The third kappa shape index (κ3) is 4.79. The van der Waals surface area contributed by atoms with Crippen molar-refractivity contribution in [2.24, 2.45) is 23.2 Å². The van der Waals surface area contributed by atoms with Crippen LogP contribution in [0.4, 0.5) is 0 Å². The molecule has 4 aliphatic carbocycles. The Morgan fingerprint density at radius 1 is 0.477 bits per heavy atom. The second-order valence-corrected chi connectivity index (χ2v) is 15.9.